The first-order valence-electron chi connectivity index (χ1n) is 5.90. The van der Waals surface area contributed by atoms with Crippen LogP contribution >= 0.6 is 0 Å². The van der Waals surface area contributed by atoms with E-state index in [0.717, 1.165) is 17.6 Å². The molecule has 0 spiro atoms. The number of nitrogens with one attached hydrogen (secondary N) is 1. The molecule has 1 aromatic carbocycles. The van der Waals surface area contributed by atoms with Crippen molar-refractivity contribution in [3.8, 4) is 0 Å². The van der Waals surface area contributed by atoms with Gasteiger partial charge in [-0.25, -0.2) is 14.8 Å². The monoisotopic (exact) mass is 243 g/mol. The Labute approximate surface area is 104 Å². The zero-order chi connectivity index (χ0) is 12.7. The summed E-state index contributed by atoms with van der Waals surface area (Å²) in [6, 6.07) is 5.38. The van der Waals surface area contributed by atoms with Crippen LogP contribution in [0, 0.1) is 5.92 Å². The average Bonchev–Trinajstić information content (AvgIpc) is 3.04. The molecule has 0 saturated heterocycles. The molecule has 1 aliphatic carbocycles. The van der Waals surface area contributed by atoms with Crippen molar-refractivity contribution in [3.63, 3.8) is 0 Å². The van der Waals surface area contributed by atoms with Gasteiger partial charge < -0.3 is 10.4 Å². The molecule has 0 bridgehead atoms. The molecule has 3 rings (SSSR count). The van der Waals surface area contributed by atoms with E-state index in [2.05, 4.69) is 22.2 Å². The van der Waals surface area contributed by atoms with Crippen LogP contribution in [0.4, 0.5) is 5.82 Å². The van der Waals surface area contributed by atoms with Gasteiger partial charge in [-0.1, -0.05) is 6.92 Å². The predicted molar refractivity (Wildman–Crippen MR) is 67.7 cm³/mol. The molecular weight excluding hydrogens is 230 g/mol. The summed E-state index contributed by atoms with van der Waals surface area (Å²) in [5.74, 6) is 0.514. The van der Waals surface area contributed by atoms with Gasteiger partial charge in [0.25, 0.3) is 0 Å². The summed E-state index contributed by atoms with van der Waals surface area (Å²) in [4.78, 5) is 19.2. The van der Waals surface area contributed by atoms with E-state index < -0.39 is 5.97 Å². The first-order valence-corrected chi connectivity index (χ1v) is 5.90. The summed E-state index contributed by atoms with van der Waals surface area (Å²) in [6.07, 6.45) is 2.61. The highest BCUT2D eigenvalue weighted by Gasteiger charge is 2.33. The highest BCUT2D eigenvalue weighted by molar-refractivity contribution is 5.96. The highest BCUT2D eigenvalue weighted by Crippen LogP contribution is 2.33. The van der Waals surface area contributed by atoms with Crippen LogP contribution in [0.5, 0.6) is 0 Å². The number of carbonyl (C=O) groups is 1. The molecule has 0 amide bonds. The van der Waals surface area contributed by atoms with E-state index in [1.807, 2.05) is 0 Å². The van der Waals surface area contributed by atoms with Gasteiger partial charge in [0.05, 0.1) is 11.1 Å². The number of anilines is 1. The number of carboxylic acid groups (broad SMARTS) is 1. The third-order valence-corrected chi connectivity index (χ3v) is 3.32. The third-order valence-electron chi connectivity index (χ3n) is 3.32. The number of aromatic nitrogens is 2. The van der Waals surface area contributed by atoms with Gasteiger partial charge >= 0.3 is 5.97 Å². The van der Waals surface area contributed by atoms with Crippen LogP contribution in [0.15, 0.2) is 24.5 Å². The van der Waals surface area contributed by atoms with Crippen molar-refractivity contribution in [2.45, 2.75) is 19.4 Å². The van der Waals surface area contributed by atoms with Gasteiger partial charge in [-0.3, -0.25) is 0 Å². The Kier molecular flexibility index (Phi) is 2.40. The number of benzene rings is 1. The van der Waals surface area contributed by atoms with E-state index in [9.17, 15) is 4.79 Å². The van der Waals surface area contributed by atoms with E-state index in [-0.39, 0.29) is 5.56 Å². The molecule has 18 heavy (non-hydrogen) atoms. The second-order valence-corrected chi connectivity index (χ2v) is 4.72. The van der Waals surface area contributed by atoms with Crippen LogP contribution in [-0.4, -0.2) is 27.1 Å². The normalized spacial score (nSPS) is 21.8. The largest absolute Gasteiger partial charge is 0.478 e. The average molecular weight is 243 g/mol. The first-order chi connectivity index (χ1) is 8.65. The third kappa shape index (κ3) is 1.88. The van der Waals surface area contributed by atoms with Crippen molar-refractivity contribution < 1.29 is 9.90 Å². The number of carboxylic acids is 1. The fourth-order valence-electron chi connectivity index (χ4n) is 2.00. The van der Waals surface area contributed by atoms with Gasteiger partial charge in [-0.2, -0.15) is 0 Å². The summed E-state index contributed by atoms with van der Waals surface area (Å²) in [7, 11) is 0. The SMILES string of the molecule is CC1CC1Nc1ncnc2cc(C(=O)O)ccc12. The van der Waals surface area contributed by atoms with Gasteiger partial charge in [-0.15, -0.1) is 0 Å². The predicted octanol–water partition coefficient (Wildman–Crippen LogP) is 2.15. The minimum absolute atomic E-state index is 0.243. The molecule has 2 atom stereocenters. The summed E-state index contributed by atoms with van der Waals surface area (Å²) < 4.78 is 0. The summed E-state index contributed by atoms with van der Waals surface area (Å²) in [5, 5.41) is 13.2. The van der Waals surface area contributed by atoms with E-state index in [4.69, 9.17) is 5.11 Å². The topological polar surface area (TPSA) is 75.1 Å². The number of aromatic carboxylic acids is 1. The molecular formula is C13H13N3O2. The Bertz CT molecular complexity index is 627. The van der Waals surface area contributed by atoms with Crippen LogP contribution in [0.2, 0.25) is 0 Å². The standard InChI is InChI=1S/C13H13N3O2/c1-7-4-10(7)16-12-9-3-2-8(13(17)18)5-11(9)14-6-15-12/h2-3,5-7,10H,4H2,1H3,(H,17,18)(H,14,15,16). The number of nitrogens with zero attached hydrogens (tertiary/aromatic N) is 2. The van der Waals surface area contributed by atoms with Gasteiger partial charge in [0, 0.05) is 11.4 Å². The second-order valence-electron chi connectivity index (χ2n) is 4.72. The second kappa shape index (κ2) is 3.94. The fourth-order valence-corrected chi connectivity index (χ4v) is 2.00. The molecule has 2 unspecified atom stereocenters. The molecule has 92 valence electrons. The van der Waals surface area contributed by atoms with Crippen LogP contribution in [0.3, 0.4) is 0 Å². The minimum atomic E-state index is -0.944. The smallest absolute Gasteiger partial charge is 0.335 e. The molecule has 2 aromatic rings. The number of hydrogen-bond acceptors (Lipinski definition) is 4. The highest BCUT2D eigenvalue weighted by atomic mass is 16.4. The van der Waals surface area contributed by atoms with Gasteiger partial charge in [0.1, 0.15) is 12.1 Å². The molecule has 0 aliphatic heterocycles. The summed E-state index contributed by atoms with van der Waals surface area (Å²) in [5.41, 5.74) is 0.896. The lowest BCUT2D eigenvalue weighted by atomic mass is 10.1. The number of hydrogen-bond donors (Lipinski definition) is 2. The van der Waals surface area contributed by atoms with Gasteiger partial charge in [0.2, 0.25) is 0 Å². The Balaban J connectivity index is 2.02. The lowest BCUT2D eigenvalue weighted by molar-refractivity contribution is 0.0697. The van der Waals surface area contributed by atoms with Crippen LogP contribution in [-0.2, 0) is 0 Å². The fraction of sp³-hybridized carbons (Fsp3) is 0.308. The van der Waals surface area contributed by atoms with Crippen molar-refractivity contribution >= 4 is 22.7 Å². The Hall–Kier alpha value is -2.17. The van der Waals surface area contributed by atoms with E-state index in [1.165, 1.54) is 6.33 Å². The van der Waals surface area contributed by atoms with Crippen LogP contribution < -0.4 is 5.32 Å². The lowest BCUT2D eigenvalue weighted by Gasteiger charge is -2.07. The maximum Gasteiger partial charge on any atom is 0.335 e. The van der Waals surface area contributed by atoms with E-state index in [1.54, 1.807) is 18.2 Å². The molecule has 5 nitrogen and oxygen atoms in total. The Morgan fingerprint density at radius 3 is 2.89 bits per heavy atom. The van der Waals surface area contributed by atoms with Crippen molar-refractivity contribution in [1.29, 1.82) is 0 Å². The molecule has 1 fully saturated rings. The minimum Gasteiger partial charge on any atom is -0.478 e. The zero-order valence-electron chi connectivity index (χ0n) is 9.92. The Morgan fingerprint density at radius 1 is 1.44 bits per heavy atom. The zero-order valence-corrected chi connectivity index (χ0v) is 9.92. The van der Waals surface area contributed by atoms with Gasteiger partial charge in [-0.05, 0) is 30.5 Å². The first kappa shape index (κ1) is 11.0. The summed E-state index contributed by atoms with van der Waals surface area (Å²) >= 11 is 0. The molecule has 5 heteroatoms. The van der Waals surface area contributed by atoms with Crippen molar-refractivity contribution in [3.05, 3.63) is 30.1 Å². The van der Waals surface area contributed by atoms with Crippen molar-refractivity contribution in [2.24, 2.45) is 5.92 Å². The van der Waals surface area contributed by atoms with Crippen molar-refractivity contribution in [1.82, 2.24) is 9.97 Å². The Morgan fingerprint density at radius 2 is 2.22 bits per heavy atom. The summed E-state index contributed by atoms with van der Waals surface area (Å²) in [6.45, 7) is 2.18. The molecule has 1 saturated carbocycles. The number of fused-ring (bicyclic) bond motifs is 1. The van der Waals surface area contributed by atoms with Crippen LogP contribution in [0.25, 0.3) is 10.9 Å². The molecule has 0 radical (unpaired) electrons. The maximum absolute atomic E-state index is 10.9. The molecule has 1 aliphatic rings. The van der Waals surface area contributed by atoms with E-state index >= 15 is 0 Å². The maximum atomic E-state index is 10.9. The number of rotatable bonds is 3. The van der Waals surface area contributed by atoms with Crippen molar-refractivity contribution in [2.75, 3.05) is 5.32 Å². The molecule has 2 N–H and O–H groups in total. The quantitative estimate of drug-likeness (QED) is 0.863. The van der Waals surface area contributed by atoms with Gasteiger partial charge in [0.15, 0.2) is 0 Å². The lowest BCUT2D eigenvalue weighted by Crippen LogP contribution is -2.06. The van der Waals surface area contributed by atoms with E-state index in [0.29, 0.717) is 17.5 Å². The molecule has 1 heterocycles. The van der Waals surface area contributed by atoms with Crippen LogP contribution in [0.1, 0.15) is 23.7 Å². The molecule has 1 aromatic heterocycles.